The Morgan fingerprint density at radius 2 is 1.47 bits per heavy atom. The smallest absolute Gasteiger partial charge is 0.408 e. The number of aliphatic carboxylic acids is 1. The molecule has 194 valence electrons. The van der Waals surface area contributed by atoms with Gasteiger partial charge in [-0.05, 0) is 38.3 Å². The lowest BCUT2D eigenvalue weighted by Crippen LogP contribution is -2.58. The maximum Gasteiger partial charge on any atom is 0.408 e. The molecule has 3 atom stereocenters. The molecule has 0 saturated heterocycles. The first-order chi connectivity index (χ1) is 17.0. The average Bonchev–Trinajstić information content (AvgIpc) is 2.80. The Morgan fingerprint density at radius 3 is 1.97 bits per heavy atom. The monoisotopic (exact) mass is 499 g/mol. The van der Waals surface area contributed by atoms with E-state index in [1.807, 2.05) is 30.3 Å². The Hall–Kier alpha value is -3.92. The van der Waals surface area contributed by atoms with E-state index in [0.717, 1.165) is 5.56 Å². The van der Waals surface area contributed by atoms with Gasteiger partial charge in [0.2, 0.25) is 11.8 Å². The maximum absolute atomic E-state index is 13.2. The highest BCUT2D eigenvalue weighted by Crippen LogP contribution is 2.16. The normalized spacial score (nSPS) is 13.6. The minimum absolute atomic E-state index is 0.0597. The Kier molecular flexibility index (Phi) is 10.4. The standard InChI is InChI=1S/C26H33N3O7/c1-26(2,3)36-25(34)29-21(19(24(32)33)14-17-10-6-4-7-11-17)23(31)28-20(22(27)30)16-35-15-18-12-8-5-9-13-18/h4-13,19-21H,14-16H2,1-3H3,(H2,27,30)(H,28,31)(H,29,34)(H,32,33)/t19?,20-,21-/m0/s1. The van der Waals surface area contributed by atoms with Crippen LogP contribution in [0.3, 0.4) is 0 Å². The van der Waals surface area contributed by atoms with Crippen molar-refractivity contribution in [1.29, 1.82) is 0 Å². The molecule has 36 heavy (non-hydrogen) atoms. The van der Waals surface area contributed by atoms with Gasteiger partial charge in [-0.1, -0.05) is 60.7 Å². The van der Waals surface area contributed by atoms with Crippen LogP contribution in [-0.4, -0.2) is 53.3 Å². The molecule has 0 aliphatic heterocycles. The zero-order valence-corrected chi connectivity index (χ0v) is 20.6. The van der Waals surface area contributed by atoms with Gasteiger partial charge in [-0.3, -0.25) is 14.4 Å². The third-order valence-electron chi connectivity index (χ3n) is 5.03. The number of hydrogen-bond donors (Lipinski definition) is 4. The fourth-order valence-electron chi connectivity index (χ4n) is 3.32. The maximum atomic E-state index is 13.2. The van der Waals surface area contributed by atoms with Gasteiger partial charge in [0, 0.05) is 0 Å². The average molecular weight is 500 g/mol. The first kappa shape index (κ1) is 28.3. The number of benzene rings is 2. The number of ether oxygens (including phenoxy) is 2. The van der Waals surface area contributed by atoms with Crippen molar-refractivity contribution in [3.05, 3.63) is 71.8 Å². The molecule has 0 bridgehead atoms. The third kappa shape index (κ3) is 9.75. The van der Waals surface area contributed by atoms with Gasteiger partial charge in [-0.25, -0.2) is 4.79 Å². The number of nitrogens with one attached hydrogen (secondary N) is 2. The summed E-state index contributed by atoms with van der Waals surface area (Å²) in [5, 5.41) is 14.7. The number of nitrogens with two attached hydrogens (primary N) is 1. The van der Waals surface area contributed by atoms with E-state index in [9.17, 15) is 24.3 Å². The van der Waals surface area contributed by atoms with Gasteiger partial charge in [0.1, 0.15) is 17.7 Å². The molecule has 2 aromatic rings. The third-order valence-corrected chi connectivity index (χ3v) is 5.03. The molecule has 2 aromatic carbocycles. The van der Waals surface area contributed by atoms with Crippen molar-refractivity contribution in [2.24, 2.45) is 11.7 Å². The van der Waals surface area contributed by atoms with Crippen LogP contribution in [0, 0.1) is 5.92 Å². The molecular formula is C26H33N3O7. The quantitative estimate of drug-likeness (QED) is 0.348. The van der Waals surface area contributed by atoms with Crippen LogP contribution in [0.1, 0.15) is 31.9 Å². The first-order valence-electron chi connectivity index (χ1n) is 11.4. The Bertz CT molecular complexity index is 1020. The predicted octanol–water partition coefficient (Wildman–Crippen LogP) is 2.01. The highest BCUT2D eigenvalue weighted by atomic mass is 16.6. The molecule has 10 heteroatoms. The molecule has 0 fully saturated rings. The van der Waals surface area contributed by atoms with Crippen molar-refractivity contribution in [3.8, 4) is 0 Å². The van der Waals surface area contributed by atoms with Crippen LogP contribution in [-0.2, 0) is 36.9 Å². The molecular weight excluding hydrogens is 466 g/mol. The molecule has 1 unspecified atom stereocenters. The molecule has 0 aromatic heterocycles. The van der Waals surface area contributed by atoms with Crippen molar-refractivity contribution >= 4 is 23.9 Å². The summed E-state index contributed by atoms with van der Waals surface area (Å²) in [5.74, 6) is -4.46. The number of amides is 3. The number of carboxylic acid groups (broad SMARTS) is 1. The highest BCUT2D eigenvalue weighted by molar-refractivity contribution is 5.93. The largest absolute Gasteiger partial charge is 0.481 e. The topological polar surface area (TPSA) is 157 Å². The number of carboxylic acids is 1. The lowest BCUT2D eigenvalue weighted by atomic mass is 9.91. The summed E-state index contributed by atoms with van der Waals surface area (Å²) >= 11 is 0. The minimum atomic E-state index is -1.56. The van der Waals surface area contributed by atoms with Gasteiger partial charge in [0.15, 0.2) is 0 Å². The van der Waals surface area contributed by atoms with Crippen LogP contribution >= 0.6 is 0 Å². The van der Waals surface area contributed by atoms with E-state index < -0.39 is 47.5 Å². The van der Waals surface area contributed by atoms with Crippen LogP contribution in [0.5, 0.6) is 0 Å². The van der Waals surface area contributed by atoms with Crippen molar-refractivity contribution in [3.63, 3.8) is 0 Å². The van der Waals surface area contributed by atoms with Crippen molar-refractivity contribution in [2.45, 2.75) is 51.5 Å². The fraction of sp³-hybridized carbons (Fsp3) is 0.385. The van der Waals surface area contributed by atoms with Crippen molar-refractivity contribution in [2.75, 3.05) is 6.61 Å². The van der Waals surface area contributed by atoms with E-state index in [1.54, 1.807) is 51.1 Å². The minimum Gasteiger partial charge on any atom is -0.481 e. The lowest BCUT2D eigenvalue weighted by molar-refractivity contribution is -0.145. The van der Waals surface area contributed by atoms with Crippen LogP contribution < -0.4 is 16.4 Å². The Morgan fingerprint density at radius 1 is 0.917 bits per heavy atom. The van der Waals surface area contributed by atoms with Gasteiger partial charge < -0.3 is 30.9 Å². The number of hydrogen-bond acceptors (Lipinski definition) is 6. The molecule has 0 aliphatic rings. The molecule has 0 saturated carbocycles. The molecule has 0 heterocycles. The summed E-state index contributed by atoms with van der Waals surface area (Å²) in [6, 6.07) is 15.0. The second-order valence-electron chi connectivity index (χ2n) is 9.22. The zero-order valence-electron chi connectivity index (χ0n) is 20.6. The lowest BCUT2D eigenvalue weighted by Gasteiger charge is -2.28. The van der Waals surface area contributed by atoms with Gasteiger partial charge in [-0.15, -0.1) is 0 Å². The summed E-state index contributed by atoms with van der Waals surface area (Å²) < 4.78 is 10.8. The molecule has 10 nitrogen and oxygen atoms in total. The fourth-order valence-corrected chi connectivity index (χ4v) is 3.32. The van der Waals surface area contributed by atoms with Gasteiger partial charge in [-0.2, -0.15) is 0 Å². The molecule has 3 amide bonds. The summed E-state index contributed by atoms with van der Waals surface area (Å²) in [6.07, 6.45) is -1.03. The highest BCUT2D eigenvalue weighted by Gasteiger charge is 2.37. The number of alkyl carbamates (subject to hydrolysis) is 1. The summed E-state index contributed by atoms with van der Waals surface area (Å²) in [5.41, 5.74) is 6.06. The van der Waals surface area contributed by atoms with E-state index in [4.69, 9.17) is 15.2 Å². The summed E-state index contributed by atoms with van der Waals surface area (Å²) in [6.45, 7) is 4.83. The van der Waals surface area contributed by atoms with Crippen molar-refractivity contribution < 1.29 is 33.8 Å². The van der Waals surface area contributed by atoms with Crippen LogP contribution in [0.2, 0.25) is 0 Å². The molecule has 5 N–H and O–H groups in total. The van der Waals surface area contributed by atoms with Gasteiger partial charge >= 0.3 is 12.1 Å². The second-order valence-corrected chi connectivity index (χ2v) is 9.22. The molecule has 0 spiro atoms. The van der Waals surface area contributed by atoms with Gasteiger partial charge in [0.25, 0.3) is 0 Å². The number of carbonyl (C=O) groups excluding carboxylic acids is 3. The van der Waals surface area contributed by atoms with E-state index in [-0.39, 0.29) is 19.6 Å². The van der Waals surface area contributed by atoms with Crippen LogP contribution in [0.15, 0.2) is 60.7 Å². The Balaban J connectivity index is 2.20. The summed E-state index contributed by atoms with van der Waals surface area (Å²) in [7, 11) is 0. The predicted molar refractivity (Wildman–Crippen MR) is 132 cm³/mol. The van der Waals surface area contributed by atoms with E-state index >= 15 is 0 Å². The molecule has 0 aliphatic carbocycles. The number of primary amides is 1. The Labute approximate surface area is 210 Å². The molecule has 0 radical (unpaired) electrons. The first-order valence-corrected chi connectivity index (χ1v) is 11.4. The number of carbonyl (C=O) groups is 4. The SMILES string of the molecule is CC(C)(C)OC(=O)N[C@H](C(=O)N[C@@H](COCc1ccccc1)C(N)=O)C(Cc1ccccc1)C(=O)O. The number of rotatable bonds is 12. The van der Waals surface area contributed by atoms with E-state index in [1.165, 1.54) is 0 Å². The van der Waals surface area contributed by atoms with Gasteiger partial charge in [0.05, 0.1) is 19.1 Å². The van der Waals surface area contributed by atoms with E-state index in [0.29, 0.717) is 5.56 Å². The van der Waals surface area contributed by atoms with Crippen LogP contribution in [0.4, 0.5) is 4.79 Å². The molecule has 2 rings (SSSR count). The van der Waals surface area contributed by atoms with E-state index in [2.05, 4.69) is 10.6 Å². The van der Waals surface area contributed by atoms with Crippen molar-refractivity contribution in [1.82, 2.24) is 10.6 Å². The zero-order chi connectivity index (χ0) is 26.7. The second kappa shape index (κ2) is 13.2. The van der Waals surface area contributed by atoms with Crippen LogP contribution in [0.25, 0.3) is 0 Å². The summed E-state index contributed by atoms with van der Waals surface area (Å²) in [4.78, 5) is 49.9.